The highest BCUT2D eigenvalue weighted by Crippen LogP contribution is 2.31. The van der Waals surface area contributed by atoms with Crippen molar-refractivity contribution in [3.05, 3.63) is 58.5 Å². The first-order valence-corrected chi connectivity index (χ1v) is 9.78. The van der Waals surface area contributed by atoms with E-state index in [2.05, 4.69) is 9.97 Å². The molecule has 0 fully saturated rings. The number of hydrogen-bond acceptors (Lipinski definition) is 5. The molecule has 0 amide bonds. The molecule has 154 valence electrons. The molecular formula is C21H21ClF2N2O3. The van der Waals surface area contributed by atoms with Gasteiger partial charge in [-0.15, -0.1) is 0 Å². The molecule has 0 N–H and O–H groups in total. The minimum absolute atomic E-state index is 0.183. The lowest BCUT2D eigenvalue weighted by molar-refractivity contribution is -0.144. The number of rotatable bonds is 7. The Morgan fingerprint density at radius 2 is 2.14 bits per heavy atom. The maximum Gasteiger partial charge on any atom is 0.306 e. The maximum absolute atomic E-state index is 14.0. The molecule has 0 bridgehead atoms. The van der Waals surface area contributed by atoms with Gasteiger partial charge in [-0.3, -0.25) is 4.79 Å². The minimum atomic E-state index is -0.722. The third-order valence-corrected chi connectivity index (χ3v) is 4.89. The second-order valence-electron chi connectivity index (χ2n) is 6.75. The Morgan fingerprint density at radius 3 is 2.83 bits per heavy atom. The summed E-state index contributed by atoms with van der Waals surface area (Å²) >= 11 is 5.73. The number of halogens is 3. The fraction of sp³-hybridized carbons (Fsp3) is 0.381. The number of carbonyl (C=O) groups excluding carboxylic acids is 1. The Hall–Kier alpha value is -2.54. The Balaban J connectivity index is 1.66. The fourth-order valence-electron chi connectivity index (χ4n) is 3.12. The largest absolute Gasteiger partial charge is 0.471 e. The summed E-state index contributed by atoms with van der Waals surface area (Å²) in [4.78, 5) is 19.8. The highest BCUT2D eigenvalue weighted by atomic mass is 35.5. The van der Waals surface area contributed by atoms with Gasteiger partial charge in [-0.1, -0.05) is 23.7 Å². The summed E-state index contributed by atoms with van der Waals surface area (Å²) < 4.78 is 38.3. The highest BCUT2D eigenvalue weighted by molar-refractivity contribution is 6.30. The van der Waals surface area contributed by atoms with Gasteiger partial charge in [0.2, 0.25) is 5.82 Å². The Kier molecular flexibility index (Phi) is 7.14. The summed E-state index contributed by atoms with van der Waals surface area (Å²) in [5.41, 5.74) is 1.11. The molecule has 29 heavy (non-hydrogen) atoms. The third kappa shape index (κ3) is 5.73. The first-order valence-electron chi connectivity index (χ1n) is 9.40. The van der Waals surface area contributed by atoms with Crippen LogP contribution in [0.3, 0.4) is 0 Å². The van der Waals surface area contributed by atoms with E-state index in [0.29, 0.717) is 31.7 Å². The van der Waals surface area contributed by atoms with E-state index in [-0.39, 0.29) is 35.0 Å². The van der Waals surface area contributed by atoms with Crippen LogP contribution in [0.15, 0.2) is 30.5 Å². The molecule has 0 spiro atoms. The molecule has 3 rings (SSSR count). The van der Waals surface area contributed by atoms with Gasteiger partial charge >= 0.3 is 5.97 Å². The van der Waals surface area contributed by atoms with Crippen LogP contribution < -0.4 is 4.74 Å². The predicted molar refractivity (Wildman–Crippen MR) is 104 cm³/mol. The topological polar surface area (TPSA) is 61.3 Å². The zero-order valence-corrected chi connectivity index (χ0v) is 16.7. The summed E-state index contributed by atoms with van der Waals surface area (Å²) in [7, 11) is 0. The Bertz CT molecular complexity index is 921. The van der Waals surface area contributed by atoms with Gasteiger partial charge in [0.15, 0.2) is 5.82 Å². The summed E-state index contributed by atoms with van der Waals surface area (Å²) in [6, 6.07) is 4.18. The highest BCUT2D eigenvalue weighted by Gasteiger charge is 2.21. The normalized spacial score (nSPS) is 16.3. The molecule has 1 aromatic heterocycles. The predicted octanol–water partition coefficient (Wildman–Crippen LogP) is 5.12. The second-order valence-corrected chi connectivity index (χ2v) is 7.19. The second kappa shape index (κ2) is 9.78. The van der Waals surface area contributed by atoms with Gasteiger partial charge in [0.1, 0.15) is 12.4 Å². The molecular weight excluding hydrogens is 402 g/mol. The standard InChI is InChI=1S/C21H21ClF2N2O3/c1-2-28-19(27)9-13-3-5-14(6-4-13)20-25-11-18(24)21(26-20)29-12-15-7-8-16(22)10-17(15)23/h5,7-8,10-11,13H,2-4,6,9,12H2,1H3. The number of benzene rings is 1. The number of aromatic nitrogens is 2. The molecule has 0 saturated heterocycles. The Morgan fingerprint density at radius 1 is 1.31 bits per heavy atom. The van der Waals surface area contributed by atoms with Crippen molar-refractivity contribution in [2.75, 3.05) is 6.61 Å². The van der Waals surface area contributed by atoms with Crippen LogP contribution in [0.4, 0.5) is 8.78 Å². The third-order valence-electron chi connectivity index (χ3n) is 4.66. The summed E-state index contributed by atoms with van der Waals surface area (Å²) in [5, 5.41) is 0.271. The number of carbonyl (C=O) groups is 1. The van der Waals surface area contributed by atoms with Crippen LogP contribution in [-0.4, -0.2) is 22.5 Å². The SMILES string of the molecule is CCOC(=O)CC1CC=C(c2ncc(F)c(OCc3ccc(Cl)cc3F)n2)CC1. The van der Waals surface area contributed by atoms with E-state index < -0.39 is 11.6 Å². The van der Waals surface area contributed by atoms with E-state index in [0.717, 1.165) is 18.2 Å². The molecule has 5 nitrogen and oxygen atoms in total. The van der Waals surface area contributed by atoms with Crippen molar-refractivity contribution in [2.45, 2.75) is 39.2 Å². The monoisotopic (exact) mass is 422 g/mol. The van der Waals surface area contributed by atoms with Crippen LogP contribution in [0.1, 0.15) is 44.0 Å². The van der Waals surface area contributed by atoms with Gasteiger partial charge in [-0.05, 0) is 49.8 Å². The van der Waals surface area contributed by atoms with Crippen LogP contribution in [0.25, 0.3) is 5.57 Å². The number of ether oxygens (including phenoxy) is 2. The van der Waals surface area contributed by atoms with E-state index in [4.69, 9.17) is 21.1 Å². The zero-order valence-electron chi connectivity index (χ0n) is 16.0. The average molecular weight is 423 g/mol. The van der Waals surface area contributed by atoms with Crippen molar-refractivity contribution in [2.24, 2.45) is 5.92 Å². The number of nitrogens with zero attached hydrogens (tertiary/aromatic N) is 2. The average Bonchev–Trinajstić information content (AvgIpc) is 2.69. The molecule has 0 aliphatic heterocycles. The van der Waals surface area contributed by atoms with Crippen LogP contribution in [0.5, 0.6) is 5.88 Å². The minimum Gasteiger partial charge on any atom is -0.471 e. The molecule has 1 unspecified atom stereocenters. The lowest BCUT2D eigenvalue weighted by Gasteiger charge is -2.20. The van der Waals surface area contributed by atoms with Gasteiger partial charge in [0.05, 0.1) is 12.8 Å². The van der Waals surface area contributed by atoms with Crippen molar-refractivity contribution in [3.8, 4) is 5.88 Å². The molecule has 0 saturated carbocycles. The number of allylic oxidation sites excluding steroid dienone is 2. The van der Waals surface area contributed by atoms with Crippen LogP contribution in [0, 0.1) is 17.6 Å². The Labute approximate surface area is 172 Å². The van der Waals surface area contributed by atoms with Crippen molar-refractivity contribution in [1.29, 1.82) is 0 Å². The van der Waals surface area contributed by atoms with E-state index >= 15 is 0 Å². The zero-order chi connectivity index (χ0) is 20.8. The first kappa shape index (κ1) is 21.2. The van der Waals surface area contributed by atoms with Crippen LogP contribution in [-0.2, 0) is 16.1 Å². The molecule has 0 radical (unpaired) electrons. The first-order chi connectivity index (χ1) is 14.0. The summed E-state index contributed by atoms with van der Waals surface area (Å²) in [6.07, 6.45) is 5.53. The maximum atomic E-state index is 14.0. The molecule has 1 heterocycles. The van der Waals surface area contributed by atoms with Crippen LogP contribution >= 0.6 is 11.6 Å². The van der Waals surface area contributed by atoms with E-state index in [1.54, 1.807) is 6.92 Å². The molecule has 1 aliphatic rings. The van der Waals surface area contributed by atoms with Gasteiger partial charge in [-0.25, -0.2) is 9.37 Å². The van der Waals surface area contributed by atoms with Crippen molar-refractivity contribution >= 4 is 23.1 Å². The molecule has 1 aromatic carbocycles. The van der Waals surface area contributed by atoms with Gasteiger partial charge in [-0.2, -0.15) is 9.37 Å². The molecule has 8 heteroatoms. The quantitative estimate of drug-likeness (QED) is 0.579. The summed E-state index contributed by atoms with van der Waals surface area (Å²) in [5.74, 6) is -1.11. The molecule has 1 atom stereocenters. The van der Waals surface area contributed by atoms with Crippen molar-refractivity contribution in [3.63, 3.8) is 0 Å². The number of hydrogen-bond donors (Lipinski definition) is 0. The van der Waals surface area contributed by atoms with Gasteiger partial charge in [0.25, 0.3) is 5.88 Å². The van der Waals surface area contributed by atoms with E-state index in [1.807, 2.05) is 6.08 Å². The van der Waals surface area contributed by atoms with Gasteiger partial charge < -0.3 is 9.47 Å². The molecule has 1 aliphatic carbocycles. The molecule has 2 aromatic rings. The van der Waals surface area contributed by atoms with E-state index in [1.165, 1.54) is 18.2 Å². The lowest BCUT2D eigenvalue weighted by atomic mass is 9.87. The van der Waals surface area contributed by atoms with Crippen molar-refractivity contribution < 1.29 is 23.0 Å². The van der Waals surface area contributed by atoms with Crippen molar-refractivity contribution in [1.82, 2.24) is 9.97 Å². The van der Waals surface area contributed by atoms with Crippen LogP contribution in [0.2, 0.25) is 5.02 Å². The van der Waals surface area contributed by atoms with Gasteiger partial charge in [0, 0.05) is 17.0 Å². The smallest absolute Gasteiger partial charge is 0.306 e. The number of esters is 1. The van der Waals surface area contributed by atoms with E-state index in [9.17, 15) is 13.6 Å². The lowest BCUT2D eigenvalue weighted by Crippen LogP contribution is -2.14. The summed E-state index contributed by atoms with van der Waals surface area (Å²) in [6.45, 7) is 1.97. The fourth-order valence-corrected chi connectivity index (χ4v) is 3.28.